The number of rotatable bonds is 4. The highest BCUT2D eigenvalue weighted by molar-refractivity contribution is 6.17. The van der Waals surface area contributed by atoms with Crippen molar-refractivity contribution in [3.8, 4) is 11.6 Å². The first-order valence-electron chi connectivity index (χ1n) is 6.72. The Morgan fingerprint density at radius 3 is 2.50 bits per heavy atom. The highest BCUT2D eigenvalue weighted by Crippen LogP contribution is 2.29. The van der Waals surface area contributed by atoms with E-state index in [1.807, 2.05) is 39.0 Å². The summed E-state index contributed by atoms with van der Waals surface area (Å²) in [5.41, 5.74) is 4.87. The van der Waals surface area contributed by atoms with Crippen LogP contribution in [0.3, 0.4) is 0 Å². The fourth-order valence-corrected chi connectivity index (χ4v) is 2.45. The molecule has 0 aromatic carbocycles. The molecule has 2 rings (SSSR count). The number of aromatic nitrogens is 2. The van der Waals surface area contributed by atoms with Gasteiger partial charge in [-0.25, -0.2) is 4.98 Å². The van der Waals surface area contributed by atoms with Gasteiger partial charge in [-0.1, -0.05) is 6.92 Å². The molecule has 2 aromatic heterocycles. The molecule has 20 heavy (non-hydrogen) atoms. The zero-order chi connectivity index (χ0) is 14.7. The van der Waals surface area contributed by atoms with Crippen molar-refractivity contribution in [2.45, 2.75) is 40.0 Å². The van der Waals surface area contributed by atoms with Gasteiger partial charge in [0.2, 0.25) is 5.88 Å². The molecule has 0 unspecified atom stereocenters. The van der Waals surface area contributed by atoms with Crippen LogP contribution in [-0.2, 0) is 12.3 Å². The summed E-state index contributed by atoms with van der Waals surface area (Å²) in [4.78, 5) is 8.97. The Morgan fingerprint density at radius 1 is 1.10 bits per heavy atom. The standard InChI is InChI=1S/C16H19ClN2O/c1-5-14-15(7-6-11(3)18-14)20-16-13(9-17)10(2)8-12(4)19-16/h6-8H,5,9H2,1-4H3. The smallest absolute Gasteiger partial charge is 0.224 e. The largest absolute Gasteiger partial charge is 0.437 e. The number of ether oxygens (including phenoxy) is 1. The number of alkyl halides is 1. The molecule has 0 spiro atoms. The lowest BCUT2D eigenvalue weighted by molar-refractivity contribution is 0.448. The van der Waals surface area contributed by atoms with E-state index < -0.39 is 0 Å². The minimum atomic E-state index is 0.384. The molecule has 2 heterocycles. The monoisotopic (exact) mass is 290 g/mol. The fraction of sp³-hybridized carbons (Fsp3) is 0.375. The Bertz CT molecular complexity index is 626. The Kier molecular flexibility index (Phi) is 4.61. The van der Waals surface area contributed by atoms with Gasteiger partial charge >= 0.3 is 0 Å². The summed E-state index contributed by atoms with van der Waals surface area (Å²) in [5.74, 6) is 1.72. The lowest BCUT2D eigenvalue weighted by Gasteiger charge is -2.14. The maximum atomic E-state index is 6.02. The second-order valence-electron chi connectivity index (χ2n) is 4.85. The van der Waals surface area contributed by atoms with E-state index in [1.54, 1.807) is 0 Å². The molecule has 0 radical (unpaired) electrons. The van der Waals surface area contributed by atoms with Gasteiger partial charge in [0.25, 0.3) is 0 Å². The van der Waals surface area contributed by atoms with Crippen LogP contribution < -0.4 is 4.74 Å². The summed E-state index contributed by atoms with van der Waals surface area (Å²) in [6.07, 6.45) is 0.817. The van der Waals surface area contributed by atoms with Crippen molar-refractivity contribution >= 4 is 11.6 Å². The SMILES string of the molecule is CCc1nc(C)ccc1Oc1nc(C)cc(C)c1CCl. The third-order valence-electron chi connectivity index (χ3n) is 3.18. The first-order valence-corrected chi connectivity index (χ1v) is 7.26. The third-order valence-corrected chi connectivity index (χ3v) is 3.45. The Morgan fingerprint density at radius 2 is 1.85 bits per heavy atom. The number of aryl methyl sites for hydroxylation is 4. The van der Waals surface area contributed by atoms with E-state index in [1.165, 1.54) is 0 Å². The second kappa shape index (κ2) is 6.23. The van der Waals surface area contributed by atoms with Crippen molar-refractivity contribution in [2.75, 3.05) is 0 Å². The van der Waals surface area contributed by atoms with E-state index in [2.05, 4.69) is 16.9 Å². The van der Waals surface area contributed by atoms with Crippen molar-refractivity contribution in [3.63, 3.8) is 0 Å². The summed E-state index contributed by atoms with van der Waals surface area (Å²) >= 11 is 6.02. The zero-order valence-electron chi connectivity index (χ0n) is 12.3. The van der Waals surface area contributed by atoms with Crippen molar-refractivity contribution < 1.29 is 4.74 Å². The van der Waals surface area contributed by atoms with E-state index in [0.717, 1.165) is 40.4 Å². The molecule has 0 aliphatic heterocycles. The molecule has 0 saturated carbocycles. The van der Waals surface area contributed by atoms with Crippen LogP contribution in [0.15, 0.2) is 18.2 Å². The van der Waals surface area contributed by atoms with E-state index in [4.69, 9.17) is 16.3 Å². The van der Waals surface area contributed by atoms with Gasteiger partial charge in [-0.15, -0.1) is 11.6 Å². The normalized spacial score (nSPS) is 10.7. The van der Waals surface area contributed by atoms with Crippen LogP contribution in [-0.4, -0.2) is 9.97 Å². The number of hydrogen-bond acceptors (Lipinski definition) is 3. The zero-order valence-corrected chi connectivity index (χ0v) is 13.1. The molecule has 106 valence electrons. The minimum absolute atomic E-state index is 0.384. The molecular formula is C16H19ClN2O. The number of halogens is 1. The topological polar surface area (TPSA) is 35.0 Å². The van der Waals surface area contributed by atoms with Crippen LogP contribution in [0.1, 0.15) is 35.1 Å². The molecule has 2 aromatic rings. The van der Waals surface area contributed by atoms with Crippen LogP contribution in [0.2, 0.25) is 0 Å². The van der Waals surface area contributed by atoms with Gasteiger partial charge in [0.05, 0.1) is 11.6 Å². The highest BCUT2D eigenvalue weighted by atomic mass is 35.5. The molecule has 0 aliphatic rings. The van der Waals surface area contributed by atoms with Crippen molar-refractivity contribution in [1.29, 1.82) is 0 Å². The van der Waals surface area contributed by atoms with Gasteiger partial charge < -0.3 is 4.74 Å². The molecule has 0 fully saturated rings. The number of nitrogens with zero attached hydrogens (tertiary/aromatic N) is 2. The lowest BCUT2D eigenvalue weighted by atomic mass is 10.1. The third kappa shape index (κ3) is 3.10. The molecule has 0 saturated heterocycles. The van der Waals surface area contributed by atoms with Gasteiger partial charge in [0, 0.05) is 17.0 Å². The summed E-state index contributed by atoms with van der Waals surface area (Å²) in [5, 5.41) is 0. The summed E-state index contributed by atoms with van der Waals surface area (Å²) < 4.78 is 5.98. The van der Waals surface area contributed by atoms with E-state index in [9.17, 15) is 0 Å². The van der Waals surface area contributed by atoms with Gasteiger partial charge in [-0.05, 0) is 51.0 Å². The van der Waals surface area contributed by atoms with Gasteiger partial charge in [0.1, 0.15) is 0 Å². The van der Waals surface area contributed by atoms with Crippen LogP contribution in [0.5, 0.6) is 11.6 Å². The predicted octanol–water partition coefficient (Wildman–Crippen LogP) is 4.50. The first-order chi connectivity index (χ1) is 9.55. The quantitative estimate of drug-likeness (QED) is 0.778. The average molecular weight is 291 g/mol. The molecule has 0 bridgehead atoms. The average Bonchev–Trinajstić information content (AvgIpc) is 2.40. The Hall–Kier alpha value is -1.61. The van der Waals surface area contributed by atoms with E-state index in [-0.39, 0.29) is 0 Å². The predicted molar refractivity (Wildman–Crippen MR) is 81.7 cm³/mol. The molecule has 3 nitrogen and oxygen atoms in total. The van der Waals surface area contributed by atoms with Gasteiger partial charge in [-0.3, -0.25) is 4.98 Å². The minimum Gasteiger partial charge on any atom is -0.437 e. The molecule has 0 atom stereocenters. The summed E-state index contributed by atoms with van der Waals surface area (Å²) in [6, 6.07) is 5.90. The fourth-order valence-electron chi connectivity index (χ4n) is 2.12. The van der Waals surface area contributed by atoms with Crippen molar-refractivity contribution in [2.24, 2.45) is 0 Å². The van der Waals surface area contributed by atoms with E-state index >= 15 is 0 Å². The van der Waals surface area contributed by atoms with Gasteiger partial charge in [0.15, 0.2) is 5.75 Å². The summed E-state index contributed by atoms with van der Waals surface area (Å²) in [7, 11) is 0. The van der Waals surface area contributed by atoms with Crippen LogP contribution in [0, 0.1) is 20.8 Å². The lowest BCUT2D eigenvalue weighted by Crippen LogP contribution is -2.01. The Balaban J connectivity index is 2.44. The van der Waals surface area contributed by atoms with Crippen molar-refractivity contribution in [3.05, 3.63) is 46.4 Å². The molecule has 0 N–H and O–H groups in total. The van der Waals surface area contributed by atoms with E-state index in [0.29, 0.717) is 11.8 Å². The molecule has 0 aliphatic carbocycles. The maximum absolute atomic E-state index is 6.02. The maximum Gasteiger partial charge on any atom is 0.224 e. The molecular weight excluding hydrogens is 272 g/mol. The second-order valence-corrected chi connectivity index (χ2v) is 5.12. The van der Waals surface area contributed by atoms with Crippen LogP contribution in [0.25, 0.3) is 0 Å². The van der Waals surface area contributed by atoms with Crippen molar-refractivity contribution in [1.82, 2.24) is 9.97 Å². The first kappa shape index (κ1) is 14.8. The number of pyridine rings is 2. The molecule has 0 amide bonds. The Labute approximate surface area is 125 Å². The van der Waals surface area contributed by atoms with Crippen LogP contribution in [0.4, 0.5) is 0 Å². The van der Waals surface area contributed by atoms with Crippen LogP contribution >= 0.6 is 11.6 Å². The highest BCUT2D eigenvalue weighted by Gasteiger charge is 2.13. The summed E-state index contributed by atoms with van der Waals surface area (Å²) in [6.45, 7) is 8.01. The van der Waals surface area contributed by atoms with Gasteiger partial charge in [-0.2, -0.15) is 0 Å². The number of hydrogen-bond donors (Lipinski definition) is 0. The molecule has 4 heteroatoms.